The van der Waals surface area contributed by atoms with Crippen LogP contribution in [0.5, 0.6) is 0 Å². The topological polar surface area (TPSA) is 20.2 Å². The Kier molecular flexibility index (Phi) is 4.20. The molecule has 0 fully saturated rings. The van der Waals surface area contributed by atoms with Crippen LogP contribution in [0, 0.1) is 11.8 Å². The lowest BCUT2D eigenvalue weighted by Gasteiger charge is -2.25. The molecule has 1 nitrogen and oxygen atoms in total. The van der Waals surface area contributed by atoms with Gasteiger partial charge < -0.3 is 5.11 Å². The summed E-state index contributed by atoms with van der Waals surface area (Å²) >= 11 is 0. The Bertz CT molecular complexity index is 371. The summed E-state index contributed by atoms with van der Waals surface area (Å²) in [5, 5.41) is 10.0. The zero-order valence-corrected chi connectivity index (χ0v) is 10.1. The number of hydrogen-bond acceptors (Lipinski definition) is 1. The molecule has 4 heteroatoms. The average molecular weight is 246 g/mol. The highest BCUT2D eigenvalue weighted by atomic mass is 19.4. The van der Waals surface area contributed by atoms with Crippen LogP contribution in [0.1, 0.15) is 38.0 Å². The normalized spacial score (nSPS) is 16.0. The zero-order chi connectivity index (χ0) is 13.2. The summed E-state index contributed by atoms with van der Waals surface area (Å²) in [5.74, 6) is -0.107. The molecule has 17 heavy (non-hydrogen) atoms. The number of aliphatic hydroxyl groups is 1. The van der Waals surface area contributed by atoms with Gasteiger partial charge in [-0.25, -0.2) is 0 Å². The maximum atomic E-state index is 12.8. The Hall–Kier alpha value is -1.03. The lowest BCUT2D eigenvalue weighted by Crippen LogP contribution is -2.19. The Labute approximate surface area is 99.3 Å². The van der Waals surface area contributed by atoms with Crippen LogP contribution < -0.4 is 0 Å². The van der Waals surface area contributed by atoms with E-state index >= 15 is 0 Å². The second kappa shape index (κ2) is 5.08. The van der Waals surface area contributed by atoms with Crippen LogP contribution in [0.15, 0.2) is 24.3 Å². The van der Waals surface area contributed by atoms with Gasteiger partial charge in [-0.2, -0.15) is 13.2 Å². The van der Waals surface area contributed by atoms with E-state index in [4.69, 9.17) is 0 Å². The lowest BCUT2D eigenvalue weighted by atomic mass is 9.86. The van der Waals surface area contributed by atoms with Crippen LogP contribution in [0.3, 0.4) is 0 Å². The van der Waals surface area contributed by atoms with Crippen molar-refractivity contribution in [1.82, 2.24) is 0 Å². The number of alkyl halides is 3. The van der Waals surface area contributed by atoms with Gasteiger partial charge in [0.05, 0.1) is 11.7 Å². The summed E-state index contributed by atoms with van der Waals surface area (Å²) in [6, 6.07) is 5.19. The van der Waals surface area contributed by atoms with Crippen LogP contribution in [-0.2, 0) is 6.18 Å². The molecule has 0 radical (unpaired) electrons. The molecule has 96 valence electrons. The van der Waals surface area contributed by atoms with Crippen molar-refractivity contribution in [2.75, 3.05) is 0 Å². The smallest absolute Gasteiger partial charge is 0.388 e. The van der Waals surface area contributed by atoms with Crippen LogP contribution in [-0.4, -0.2) is 5.11 Å². The second-order valence-corrected chi connectivity index (χ2v) is 4.63. The molecular formula is C13H17F3O. The molecule has 0 aromatic heterocycles. The van der Waals surface area contributed by atoms with Gasteiger partial charge in [0.1, 0.15) is 0 Å². The molecule has 0 spiro atoms. The van der Waals surface area contributed by atoms with E-state index in [9.17, 15) is 18.3 Å². The third-order valence-electron chi connectivity index (χ3n) is 3.13. The molecule has 2 unspecified atom stereocenters. The summed E-state index contributed by atoms with van der Waals surface area (Å²) in [6.45, 7) is 5.51. The largest absolute Gasteiger partial charge is 0.416 e. The molecule has 1 aromatic carbocycles. The van der Waals surface area contributed by atoms with Crippen molar-refractivity contribution in [1.29, 1.82) is 0 Å². The standard InChI is InChI=1S/C13H17F3O/c1-8(2)9(3)12(17)10-6-4-5-7-11(10)13(14,15)16/h4-9,12,17H,1-3H3. The average Bonchev–Trinajstić information content (AvgIpc) is 2.25. The van der Waals surface area contributed by atoms with Gasteiger partial charge in [0.2, 0.25) is 0 Å². The first kappa shape index (κ1) is 14.0. The van der Waals surface area contributed by atoms with Gasteiger partial charge in [0.25, 0.3) is 0 Å². The fourth-order valence-corrected chi connectivity index (χ4v) is 1.66. The van der Waals surface area contributed by atoms with E-state index in [0.717, 1.165) is 6.07 Å². The van der Waals surface area contributed by atoms with Crippen LogP contribution in [0.4, 0.5) is 13.2 Å². The van der Waals surface area contributed by atoms with E-state index in [-0.39, 0.29) is 17.4 Å². The van der Waals surface area contributed by atoms with Crippen LogP contribution in [0.25, 0.3) is 0 Å². The Morgan fingerprint density at radius 1 is 1.06 bits per heavy atom. The summed E-state index contributed by atoms with van der Waals surface area (Å²) in [6.07, 6.45) is -5.51. The molecule has 0 bridgehead atoms. The molecule has 1 aromatic rings. The first-order valence-corrected chi connectivity index (χ1v) is 5.59. The molecule has 2 atom stereocenters. The highest BCUT2D eigenvalue weighted by molar-refractivity contribution is 5.31. The number of halogens is 3. The Morgan fingerprint density at radius 3 is 2.06 bits per heavy atom. The van der Waals surface area contributed by atoms with Crippen molar-refractivity contribution in [3.63, 3.8) is 0 Å². The van der Waals surface area contributed by atoms with E-state index < -0.39 is 17.8 Å². The van der Waals surface area contributed by atoms with Crippen molar-refractivity contribution in [2.24, 2.45) is 11.8 Å². The maximum absolute atomic E-state index is 12.8. The first-order valence-electron chi connectivity index (χ1n) is 5.59. The predicted octanol–water partition coefficient (Wildman–Crippen LogP) is 4.03. The third kappa shape index (κ3) is 3.22. The highest BCUT2D eigenvalue weighted by Gasteiger charge is 2.35. The molecule has 0 saturated heterocycles. The summed E-state index contributed by atoms with van der Waals surface area (Å²) in [4.78, 5) is 0. The van der Waals surface area contributed by atoms with Crippen molar-refractivity contribution in [3.05, 3.63) is 35.4 Å². The summed E-state index contributed by atoms with van der Waals surface area (Å²) in [5.41, 5.74) is -0.791. The monoisotopic (exact) mass is 246 g/mol. The fourth-order valence-electron chi connectivity index (χ4n) is 1.66. The van der Waals surface area contributed by atoms with Crippen molar-refractivity contribution >= 4 is 0 Å². The molecule has 0 heterocycles. The van der Waals surface area contributed by atoms with Gasteiger partial charge in [-0.3, -0.25) is 0 Å². The number of benzene rings is 1. The fraction of sp³-hybridized carbons (Fsp3) is 0.538. The molecule has 0 aliphatic heterocycles. The molecule has 0 saturated carbocycles. The van der Waals surface area contributed by atoms with Crippen LogP contribution in [0.2, 0.25) is 0 Å². The first-order chi connectivity index (χ1) is 7.75. The second-order valence-electron chi connectivity index (χ2n) is 4.63. The maximum Gasteiger partial charge on any atom is 0.416 e. The zero-order valence-electron chi connectivity index (χ0n) is 10.1. The van der Waals surface area contributed by atoms with Gasteiger partial charge >= 0.3 is 6.18 Å². The van der Waals surface area contributed by atoms with Gasteiger partial charge in [0, 0.05) is 0 Å². The van der Waals surface area contributed by atoms with Crippen molar-refractivity contribution in [2.45, 2.75) is 33.1 Å². The van der Waals surface area contributed by atoms with Crippen molar-refractivity contribution < 1.29 is 18.3 Å². The predicted molar refractivity (Wildman–Crippen MR) is 60.4 cm³/mol. The van der Waals surface area contributed by atoms with E-state index in [1.54, 1.807) is 6.92 Å². The van der Waals surface area contributed by atoms with E-state index in [1.165, 1.54) is 18.2 Å². The van der Waals surface area contributed by atoms with E-state index in [0.29, 0.717) is 0 Å². The minimum Gasteiger partial charge on any atom is -0.388 e. The summed E-state index contributed by atoms with van der Waals surface area (Å²) in [7, 11) is 0. The van der Waals surface area contributed by atoms with Gasteiger partial charge in [0.15, 0.2) is 0 Å². The molecule has 0 amide bonds. The third-order valence-corrected chi connectivity index (χ3v) is 3.13. The molecular weight excluding hydrogens is 229 g/mol. The number of aliphatic hydroxyl groups excluding tert-OH is 1. The lowest BCUT2D eigenvalue weighted by molar-refractivity contribution is -0.139. The van der Waals surface area contributed by atoms with Gasteiger partial charge in [-0.1, -0.05) is 39.0 Å². The minimum absolute atomic E-state index is 0.0406. The van der Waals surface area contributed by atoms with Crippen molar-refractivity contribution in [3.8, 4) is 0 Å². The number of rotatable bonds is 3. The quantitative estimate of drug-likeness (QED) is 0.853. The van der Waals surface area contributed by atoms with Gasteiger partial charge in [-0.15, -0.1) is 0 Å². The molecule has 1 N–H and O–H groups in total. The SMILES string of the molecule is CC(C)C(C)C(O)c1ccccc1C(F)(F)F. The molecule has 1 rings (SSSR count). The minimum atomic E-state index is -4.42. The number of hydrogen-bond donors (Lipinski definition) is 1. The van der Waals surface area contributed by atoms with E-state index in [1.807, 2.05) is 13.8 Å². The Balaban J connectivity index is 3.14. The molecule has 0 aliphatic rings. The van der Waals surface area contributed by atoms with Crippen LogP contribution >= 0.6 is 0 Å². The van der Waals surface area contributed by atoms with Gasteiger partial charge in [-0.05, 0) is 23.5 Å². The highest BCUT2D eigenvalue weighted by Crippen LogP contribution is 2.37. The molecule has 0 aliphatic carbocycles. The summed E-state index contributed by atoms with van der Waals surface area (Å²) < 4.78 is 38.3. The van der Waals surface area contributed by atoms with E-state index in [2.05, 4.69) is 0 Å². The Morgan fingerprint density at radius 2 is 1.59 bits per heavy atom.